The fourth-order valence-electron chi connectivity index (χ4n) is 1.43. The molecule has 2 atom stereocenters. The Hall–Kier alpha value is -1.63. The number of hydrogen-bond donors (Lipinski definition) is 4. The highest BCUT2D eigenvalue weighted by atomic mass is 16.4. The molecule has 0 aromatic heterocycles. The van der Waals surface area contributed by atoms with Crippen LogP contribution in [-0.4, -0.2) is 40.6 Å². The summed E-state index contributed by atoms with van der Waals surface area (Å²) in [5.41, 5.74) is 5.48. The second kappa shape index (κ2) is 8.46. The third-order valence-electron chi connectivity index (χ3n) is 2.52. The molecule has 104 valence electrons. The van der Waals surface area contributed by atoms with Crippen LogP contribution >= 0.6 is 0 Å². The number of carboxylic acids is 2. The molecule has 0 aliphatic heterocycles. The van der Waals surface area contributed by atoms with Gasteiger partial charge in [-0.15, -0.1) is 0 Å². The number of nitrogens with one attached hydrogen (secondary N) is 1. The first kappa shape index (κ1) is 16.4. The van der Waals surface area contributed by atoms with E-state index in [9.17, 15) is 14.4 Å². The lowest BCUT2D eigenvalue weighted by Gasteiger charge is -2.15. The van der Waals surface area contributed by atoms with E-state index in [1.165, 1.54) is 0 Å². The Morgan fingerprint density at radius 1 is 1.22 bits per heavy atom. The molecule has 7 nitrogen and oxygen atoms in total. The summed E-state index contributed by atoms with van der Waals surface area (Å²) in [6, 6.07) is -0.919. The maximum atomic E-state index is 11.5. The van der Waals surface area contributed by atoms with Gasteiger partial charge in [-0.2, -0.15) is 0 Å². The first-order valence-electron chi connectivity index (χ1n) is 5.86. The number of carboxylic acid groups (broad SMARTS) is 2. The van der Waals surface area contributed by atoms with E-state index in [4.69, 9.17) is 15.9 Å². The van der Waals surface area contributed by atoms with Gasteiger partial charge in [-0.05, 0) is 12.8 Å². The summed E-state index contributed by atoms with van der Waals surface area (Å²) in [6.07, 6.45) is 1.02. The summed E-state index contributed by atoms with van der Waals surface area (Å²) in [6.45, 7) is 1.87. The summed E-state index contributed by atoms with van der Waals surface area (Å²) in [4.78, 5) is 32.6. The second-order valence-corrected chi connectivity index (χ2v) is 4.11. The van der Waals surface area contributed by atoms with Crippen molar-refractivity contribution in [1.82, 2.24) is 5.32 Å². The van der Waals surface area contributed by atoms with Crippen LogP contribution in [0.4, 0.5) is 0 Å². The van der Waals surface area contributed by atoms with Crippen LogP contribution in [0.3, 0.4) is 0 Å². The predicted octanol–water partition coefficient (Wildman–Crippen LogP) is -0.204. The lowest BCUT2D eigenvalue weighted by Crippen LogP contribution is -2.43. The smallest absolute Gasteiger partial charge is 0.308 e. The lowest BCUT2D eigenvalue weighted by molar-refractivity contribution is -0.142. The molecule has 5 N–H and O–H groups in total. The van der Waals surface area contributed by atoms with Crippen molar-refractivity contribution >= 4 is 17.8 Å². The molecular formula is C11H20N2O5. The standard InChI is InChI=1S/C11H20N2O5/c1-2-3-7(11(17)18)6-13-10(16)8(12)4-5-9(14)15/h7-8H,2-6,12H2,1H3,(H,13,16)(H,14,15)(H,17,18). The molecule has 0 rings (SSSR count). The van der Waals surface area contributed by atoms with E-state index in [1.807, 2.05) is 6.92 Å². The van der Waals surface area contributed by atoms with Crippen molar-refractivity contribution in [2.24, 2.45) is 11.7 Å². The number of rotatable bonds is 9. The fourth-order valence-corrected chi connectivity index (χ4v) is 1.43. The summed E-state index contributed by atoms with van der Waals surface area (Å²) in [5.74, 6) is -3.13. The van der Waals surface area contributed by atoms with Gasteiger partial charge in [0.05, 0.1) is 12.0 Å². The molecule has 1 amide bonds. The zero-order chi connectivity index (χ0) is 14.1. The van der Waals surface area contributed by atoms with Crippen molar-refractivity contribution in [2.75, 3.05) is 6.54 Å². The average Bonchev–Trinajstić information content (AvgIpc) is 2.30. The van der Waals surface area contributed by atoms with E-state index in [1.54, 1.807) is 0 Å². The molecule has 0 saturated heterocycles. The molecule has 0 aliphatic carbocycles. The van der Waals surface area contributed by atoms with Crippen molar-refractivity contribution in [3.63, 3.8) is 0 Å². The minimum atomic E-state index is -1.02. The molecule has 7 heteroatoms. The molecule has 18 heavy (non-hydrogen) atoms. The highest BCUT2D eigenvalue weighted by molar-refractivity contribution is 5.82. The van der Waals surface area contributed by atoms with E-state index < -0.39 is 29.8 Å². The lowest BCUT2D eigenvalue weighted by atomic mass is 10.0. The van der Waals surface area contributed by atoms with Crippen LogP contribution in [0.2, 0.25) is 0 Å². The Kier molecular flexibility index (Phi) is 7.69. The van der Waals surface area contributed by atoms with Crippen LogP contribution in [0.1, 0.15) is 32.6 Å². The fraction of sp³-hybridized carbons (Fsp3) is 0.727. The maximum absolute atomic E-state index is 11.5. The van der Waals surface area contributed by atoms with Crippen LogP contribution in [-0.2, 0) is 14.4 Å². The highest BCUT2D eigenvalue weighted by Gasteiger charge is 2.20. The molecule has 0 aromatic carbocycles. The van der Waals surface area contributed by atoms with Gasteiger partial charge in [0, 0.05) is 13.0 Å². The molecule has 2 unspecified atom stereocenters. The van der Waals surface area contributed by atoms with Crippen molar-refractivity contribution in [3.8, 4) is 0 Å². The van der Waals surface area contributed by atoms with Crippen LogP contribution in [0.5, 0.6) is 0 Å². The Labute approximate surface area is 105 Å². The van der Waals surface area contributed by atoms with Crippen LogP contribution < -0.4 is 11.1 Å². The number of amides is 1. The molecule has 0 aromatic rings. The molecule has 0 fully saturated rings. The molecule has 0 bridgehead atoms. The van der Waals surface area contributed by atoms with Crippen LogP contribution in [0, 0.1) is 5.92 Å². The van der Waals surface area contributed by atoms with Gasteiger partial charge < -0.3 is 21.3 Å². The molecule has 0 aliphatic rings. The Morgan fingerprint density at radius 2 is 1.83 bits per heavy atom. The third kappa shape index (κ3) is 6.85. The first-order chi connectivity index (χ1) is 8.38. The Bertz CT molecular complexity index is 306. The molecule has 0 radical (unpaired) electrons. The molecule has 0 spiro atoms. The van der Waals surface area contributed by atoms with Crippen LogP contribution in [0.15, 0.2) is 0 Å². The molecule has 0 saturated carbocycles. The van der Waals surface area contributed by atoms with Crippen molar-refractivity contribution in [3.05, 3.63) is 0 Å². The second-order valence-electron chi connectivity index (χ2n) is 4.11. The monoisotopic (exact) mass is 260 g/mol. The van der Waals surface area contributed by atoms with E-state index in [0.29, 0.717) is 12.8 Å². The van der Waals surface area contributed by atoms with Crippen LogP contribution in [0.25, 0.3) is 0 Å². The summed E-state index contributed by atoms with van der Waals surface area (Å²) < 4.78 is 0. The van der Waals surface area contributed by atoms with Gasteiger partial charge in [0.25, 0.3) is 0 Å². The zero-order valence-corrected chi connectivity index (χ0v) is 10.4. The SMILES string of the molecule is CCCC(CNC(=O)C(N)CCC(=O)O)C(=O)O. The van der Waals surface area contributed by atoms with Gasteiger partial charge in [-0.25, -0.2) is 0 Å². The average molecular weight is 260 g/mol. The number of carbonyl (C=O) groups is 3. The van der Waals surface area contributed by atoms with Gasteiger partial charge in [0.2, 0.25) is 5.91 Å². The predicted molar refractivity (Wildman–Crippen MR) is 63.9 cm³/mol. The minimum absolute atomic E-state index is 0.0166. The van der Waals surface area contributed by atoms with Gasteiger partial charge in [0.1, 0.15) is 0 Å². The Balaban J connectivity index is 4.06. The molecular weight excluding hydrogens is 240 g/mol. The van der Waals surface area contributed by atoms with Gasteiger partial charge in [-0.3, -0.25) is 14.4 Å². The maximum Gasteiger partial charge on any atom is 0.308 e. The van der Waals surface area contributed by atoms with Crippen molar-refractivity contribution in [1.29, 1.82) is 0 Å². The number of carbonyl (C=O) groups excluding carboxylic acids is 1. The van der Waals surface area contributed by atoms with Gasteiger partial charge in [-0.1, -0.05) is 13.3 Å². The largest absolute Gasteiger partial charge is 0.481 e. The van der Waals surface area contributed by atoms with E-state index in [-0.39, 0.29) is 19.4 Å². The summed E-state index contributed by atoms with van der Waals surface area (Å²) >= 11 is 0. The van der Waals surface area contributed by atoms with Gasteiger partial charge >= 0.3 is 11.9 Å². The Morgan fingerprint density at radius 3 is 2.28 bits per heavy atom. The minimum Gasteiger partial charge on any atom is -0.481 e. The summed E-state index contributed by atoms with van der Waals surface area (Å²) in [7, 11) is 0. The summed E-state index contributed by atoms with van der Waals surface area (Å²) in [5, 5.41) is 19.7. The quantitative estimate of drug-likeness (QED) is 0.454. The number of nitrogens with two attached hydrogens (primary N) is 1. The van der Waals surface area contributed by atoms with E-state index >= 15 is 0 Å². The van der Waals surface area contributed by atoms with Gasteiger partial charge in [0.15, 0.2) is 0 Å². The zero-order valence-electron chi connectivity index (χ0n) is 10.4. The normalized spacial score (nSPS) is 13.7. The first-order valence-corrected chi connectivity index (χ1v) is 5.86. The van der Waals surface area contributed by atoms with Crippen molar-refractivity contribution in [2.45, 2.75) is 38.6 Å². The number of aliphatic carboxylic acids is 2. The van der Waals surface area contributed by atoms with Crippen molar-refractivity contribution < 1.29 is 24.6 Å². The number of hydrogen-bond acceptors (Lipinski definition) is 4. The third-order valence-corrected chi connectivity index (χ3v) is 2.52. The highest BCUT2D eigenvalue weighted by Crippen LogP contribution is 2.05. The molecule has 0 heterocycles. The van der Waals surface area contributed by atoms with E-state index in [2.05, 4.69) is 5.32 Å². The van der Waals surface area contributed by atoms with E-state index in [0.717, 1.165) is 0 Å². The topological polar surface area (TPSA) is 130 Å².